The van der Waals surface area contributed by atoms with E-state index in [1.54, 1.807) is 24.3 Å². The van der Waals surface area contributed by atoms with Crippen LogP contribution in [0.2, 0.25) is 0 Å². The van der Waals surface area contributed by atoms with Crippen LogP contribution in [0.3, 0.4) is 0 Å². The molecule has 2 aromatic rings. The third-order valence-corrected chi connectivity index (χ3v) is 8.05. The summed E-state index contributed by atoms with van der Waals surface area (Å²) in [4.78, 5) is 45.3. The predicted molar refractivity (Wildman–Crippen MR) is 150 cm³/mol. The molecule has 1 saturated carbocycles. The number of hydrogen-bond acceptors (Lipinski definition) is 6. The van der Waals surface area contributed by atoms with Crippen LogP contribution in [0, 0.1) is 17.2 Å². The van der Waals surface area contributed by atoms with E-state index in [1.807, 2.05) is 28.0 Å². The third-order valence-electron chi connectivity index (χ3n) is 8.05. The highest BCUT2D eigenvalue weighted by Gasteiger charge is 2.27. The van der Waals surface area contributed by atoms with Crippen LogP contribution in [0.1, 0.15) is 58.4 Å². The van der Waals surface area contributed by atoms with E-state index in [1.165, 1.54) is 6.42 Å². The maximum absolute atomic E-state index is 13.2. The largest absolute Gasteiger partial charge is 0.366 e. The molecule has 9 nitrogen and oxygen atoms in total. The fraction of sp³-hybridized carbons (Fsp3) is 0.467. The molecule has 204 valence electrons. The highest BCUT2D eigenvalue weighted by atomic mass is 16.2. The predicted octanol–water partition coefficient (Wildman–Crippen LogP) is 3.08. The summed E-state index contributed by atoms with van der Waals surface area (Å²) in [5, 5.41) is 15.5. The van der Waals surface area contributed by atoms with Gasteiger partial charge in [0.1, 0.15) is 0 Å². The second-order valence-corrected chi connectivity index (χ2v) is 10.6. The first-order valence-electron chi connectivity index (χ1n) is 14.0. The molecule has 2 saturated heterocycles. The average Bonchev–Trinajstić information content (AvgIpc) is 3.01. The standard InChI is InChI=1S/C30H36N6O3/c31-21-22-6-8-24(9-7-22)29(38)36-18-16-34(17-19-36)27-11-10-25(30(39)35-14-12-32-13-15-35)20-26(27)33-28(37)23-4-2-1-3-5-23/h6-11,20,23,32H,1-5,12-19H2,(H,33,37). The van der Waals surface area contributed by atoms with Gasteiger partial charge in [-0.2, -0.15) is 5.26 Å². The summed E-state index contributed by atoms with van der Waals surface area (Å²) in [6, 6.07) is 14.4. The molecule has 5 rings (SSSR count). The molecule has 0 radical (unpaired) electrons. The summed E-state index contributed by atoms with van der Waals surface area (Å²) in [6.45, 7) is 5.19. The molecule has 3 amide bonds. The van der Waals surface area contributed by atoms with Crippen LogP contribution in [0.25, 0.3) is 0 Å². The van der Waals surface area contributed by atoms with E-state index in [2.05, 4.69) is 21.6 Å². The molecule has 0 unspecified atom stereocenters. The van der Waals surface area contributed by atoms with Crippen molar-refractivity contribution in [1.29, 1.82) is 5.26 Å². The van der Waals surface area contributed by atoms with Gasteiger partial charge < -0.3 is 25.3 Å². The van der Waals surface area contributed by atoms with Gasteiger partial charge in [0, 0.05) is 69.4 Å². The number of carbonyl (C=O) groups excluding carboxylic acids is 3. The van der Waals surface area contributed by atoms with Crippen LogP contribution in [0.15, 0.2) is 42.5 Å². The number of hydrogen-bond donors (Lipinski definition) is 2. The Kier molecular flexibility index (Phi) is 8.42. The summed E-state index contributed by atoms with van der Waals surface area (Å²) in [5.74, 6) is -0.0469. The minimum Gasteiger partial charge on any atom is -0.366 e. The molecule has 39 heavy (non-hydrogen) atoms. The smallest absolute Gasteiger partial charge is 0.254 e. The number of piperazine rings is 2. The van der Waals surface area contributed by atoms with Crippen molar-refractivity contribution < 1.29 is 14.4 Å². The lowest BCUT2D eigenvalue weighted by Crippen LogP contribution is -2.49. The van der Waals surface area contributed by atoms with Crippen molar-refractivity contribution in [3.63, 3.8) is 0 Å². The molecule has 0 atom stereocenters. The van der Waals surface area contributed by atoms with Crippen molar-refractivity contribution in [3.8, 4) is 6.07 Å². The van der Waals surface area contributed by atoms with Crippen LogP contribution in [0.5, 0.6) is 0 Å². The lowest BCUT2D eigenvalue weighted by atomic mass is 9.88. The summed E-state index contributed by atoms with van der Waals surface area (Å²) in [7, 11) is 0. The van der Waals surface area contributed by atoms with Gasteiger partial charge in [0.15, 0.2) is 0 Å². The Morgan fingerprint density at radius 3 is 2.08 bits per heavy atom. The molecule has 0 aromatic heterocycles. The Morgan fingerprint density at radius 1 is 0.795 bits per heavy atom. The van der Waals surface area contributed by atoms with Gasteiger partial charge in [0.05, 0.1) is 23.0 Å². The van der Waals surface area contributed by atoms with Crippen molar-refractivity contribution in [1.82, 2.24) is 15.1 Å². The molecule has 3 aliphatic rings. The summed E-state index contributed by atoms with van der Waals surface area (Å²) >= 11 is 0. The van der Waals surface area contributed by atoms with Crippen molar-refractivity contribution >= 4 is 29.1 Å². The number of carbonyl (C=O) groups is 3. The summed E-state index contributed by atoms with van der Waals surface area (Å²) in [6.07, 6.45) is 5.12. The number of rotatable bonds is 5. The monoisotopic (exact) mass is 528 g/mol. The average molecular weight is 529 g/mol. The number of anilines is 2. The molecule has 1 aliphatic carbocycles. The number of nitriles is 1. The quantitative estimate of drug-likeness (QED) is 0.618. The highest BCUT2D eigenvalue weighted by Crippen LogP contribution is 2.31. The van der Waals surface area contributed by atoms with E-state index in [9.17, 15) is 14.4 Å². The van der Waals surface area contributed by atoms with E-state index in [0.29, 0.717) is 61.6 Å². The van der Waals surface area contributed by atoms with Gasteiger partial charge in [-0.1, -0.05) is 19.3 Å². The minimum atomic E-state index is -0.0538. The van der Waals surface area contributed by atoms with Crippen molar-refractivity contribution in [2.45, 2.75) is 32.1 Å². The van der Waals surface area contributed by atoms with Crippen molar-refractivity contribution in [3.05, 3.63) is 59.2 Å². The van der Waals surface area contributed by atoms with Gasteiger partial charge in [0.25, 0.3) is 11.8 Å². The molecule has 2 heterocycles. The molecule has 3 fully saturated rings. The fourth-order valence-electron chi connectivity index (χ4n) is 5.72. The lowest BCUT2D eigenvalue weighted by Gasteiger charge is -2.37. The van der Waals surface area contributed by atoms with Gasteiger partial charge >= 0.3 is 0 Å². The molecular formula is C30H36N6O3. The second kappa shape index (κ2) is 12.3. The molecule has 9 heteroatoms. The summed E-state index contributed by atoms with van der Waals surface area (Å²) in [5.41, 5.74) is 3.21. The van der Waals surface area contributed by atoms with Gasteiger partial charge in [-0.3, -0.25) is 14.4 Å². The summed E-state index contributed by atoms with van der Waals surface area (Å²) < 4.78 is 0. The Bertz CT molecular complexity index is 1230. The highest BCUT2D eigenvalue weighted by molar-refractivity contribution is 6.01. The third kappa shape index (κ3) is 6.23. The molecule has 2 aliphatic heterocycles. The minimum absolute atomic E-state index is 0.000942. The van der Waals surface area contributed by atoms with Crippen LogP contribution >= 0.6 is 0 Å². The van der Waals surface area contributed by atoms with Gasteiger partial charge in [0.2, 0.25) is 5.91 Å². The lowest BCUT2D eigenvalue weighted by molar-refractivity contribution is -0.120. The molecule has 2 N–H and O–H groups in total. The van der Waals surface area contributed by atoms with E-state index in [4.69, 9.17) is 5.26 Å². The Morgan fingerprint density at radius 2 is 1.41 bits per heavy atom. The topological polar surface area (TPSA) is 109 Å². The first kappa shape index (κ1) is 26.7. The molecule has 2 aromatic carbocycles. The fourth-order valence-corrected chi connectivity index (χ4v) is 5.72. The maximum Gasteiger partial charge on any atom is 0.254 e. The zero-order valence-electron chi connectivity index (χ0n) is 22.3. The van der Waals surface area contributed by atoms with Crippen LogP contribution in [-0.4, -0.2) is 79.9 Å². The van der Waals surface area contributed by atoms with E-state index < -0.39 is 0 Å². The van der Waals surface area contributed by atoms with Crippen LogP contribution in [-0.2, 0) is 4.79 Å². The van der Waals surface area contributed by atoms with Crippen LogP contribution in [0.4, 0.5) is 11.4 Å². The van der Waals surface area contributed by atoms with E-state index >= 15 is 0 Å². The first-order chi connectivity index (χ1) is 19.0. The normalized spacial score (nSPS) is 18.4. The van der Waals surface area contributed by atoms with Gasteiger partial charge in [-0.15, -0.1) is 0 Å². The van der Waals surface area contributed by atoms with Crippen molar-refractivity contribution in [2.24, 2.45) is 5.92 Å². The Hall–Kier alpha value is -3.90. The number of benzene rings is 2. The molecular weight excluding hydrogens is 492 g/mol. The second-order valence-electron chi connectivity index (χ2n) is 10.6. The van der Waals surface area contributed by atoms with Gasteiger partial charge in [-0.05, 0) is 55.3 Å². The van der Waals surface area contributed by atoms with Crippen molar-refractivity contribution in [2.75, 3.05) is 62.6 Å². The van der Waals surface area contributed by atoms with Crippen LogP contribution < -0.4 is 15.5 Å². The van der Waals surface area contributed by atoms with E-state index in [0.717, 1.165) is 44.5 Å². The number of nitrogens with one attached hydrogen (secondary N) is 2. The number of amides is 3. The molecule has 0 bridgehead atoms. The zero-order chi connectivity index (χ0) is 27.2. The van der Waals surface area contributed by atoms with Gasteiger partial charge in [-0.25, -0.2) is 0 Å². The first-order valence-corrected chi connectivity index (χ1v) is 14.0. The zero-order valence-corrected chi connectivity index (χ0v) is 22.3. The molecule has 0 spiro atoms. The SMILES string of the molecule is N#Cc1ccc(C(=O)N2CCN(c3ccc(C(=O)N4CCNCC4)cc3NC(=O)C3CCCCC3)CC2)cc1. The Balaban J connectivity index is 1.32. The Labute approximate surface area is 229 Å². The number of nitrogens with zero attached hydrogens (tertiary/aromatic N) is 4. The van der Waals surface area contributed by atoms with E-state index in [-0.39, 0.29) is 23.6 Å². The maximum atomic E-state index is 13.2.